The van der Waals surface area contributed by atoms with E-state index >= 15 is 0 Å². The van der Waals surface area contributed by atoms with Crippen molar-refractivity contribution in [2.75, 3.05) is 11.9 Å². The van der Waals surface area contributed by atoms with Gasteiger partial charge in [0.15, 0.2) is 5.65 Å². The molecule has 0 radical (unpaired) electrons. The number of rotatable bonds is 7. The van der Waals surface area contributed by atoms with Gasteiger partial charge in [0.2, 0.25) is 0 Å². The second-order valence-electron chi connectivity index (χ2n) is 5.45. The van der Waals surface area contributed by atoms with Crippen molar-refractivity contribution in [2.24, 2.45) is 0 Å². The summed E-state index contributed by atoms with van der Waals surface area (Å²) in [5, 5.41) is 7.58. The zero-order valence-electron chi connectivity index (χ0n) is 12.9. The lowest BCUT2D eigenvalue weighted by atomic mass is 10.2. The van der Waals surface area contributed by atoms with Crippen LogP contribution in [-0.2, 0) is 11.3 Å². The van der Waals surface area contributed by atoms with E-state index in [-0.39, 0.29) is 6.04 Å². The standard InChI is InChI=1S/C17H19BrN4O/c1-13(8-10-23-12-14-5-3-2-4-6-14)20-16-7-9-22-17(21-16)15(18)11-19-22/h2-7,9,11,13H,8,10,12H2,1H3,(H,20,21). The predicted molar refractivity (Wildman–Crippen MR) is 94.5 cm³/mol. The number of anilines is 1. The molecule has 0 aliphatic heterocycles. The number of ether oxygens (including phenoxy) is 1. The number of hydrogen-bond donors (Lipinski definition) is 1. The van der Waals surface area contributed by atoms with Crippen LogP contribution in [0.3, 0.4) is 0 Å². The maximum atomic E-state index is 5.72. The van der Waals surface area contributed by atoms with E-state index < -0.39 is 0 Å². The number of nitrogens with one attached hydrogen (secondary N) is 1. The molecule has 1 unspecified atom stereocenters. The molecule has 5 nitrogen and oxygen atoms in total. The van der Waals surface area contributed by atoms with Crippen LogP contribution in [0.15, 0.2) is 53.3 Å². The van der Waals surface area contributed by atoms with Crippen LogP contribution in [0.2, 0.25) is 0 Å². The monoisotopic (exact) mass is 374 g/mol. The van der Waals surface area contributed by atoms with Crippen molar-refractivity contribution >= 4 is 27.4 Å². The van der Waals surface area contributed by atoms with Crippen molar-refractivity contribution in [2.45, 2.75) is 26.0 Å². The molecule has 120 valence electrons. The summed E-state index contributed by atoms with van der Waals surface area (Å²) >= 11 is 3.45. The molecule has 0 aliphatic carbocycles. The summed E-state index contributed by atoms with van der Waals surface area (Å²) < 4.78 is 8.35. The van der Waals surface area contributed by atoms with Gasteiger partial charge in [0.25, 0.3) is 0 Å². The summed E-state index contributed by atoms with van der Waals surface area (Å²) in [4.78, 5) is 4.55. The third-order valence-corrected chi connectivity index (χ3v) is 4.09. The van der Waals surface area contributed by atoms with Crippen molar-refractivity contribution in [3.8, 4) is 0 Å². The molecule has 0 fully saturated rings. The largest absolute Gasteiger partial charge is 0.377 e. The fourth-order valence-corrected chi connectivity index (χ4v) is 2.63. The minimum Gasteiger partial charge on any atom is -0.377 e. The van der Waals surface area contributed by atoms with Gasteiger partial charge < -0.3 is 10.1 Å². The van der Waals surface area contributed by atoms with E-state index in [9.17, 15) is 0 Å². The third-order valence-electron chi connectivity index (χ3n) is 3.53. The number of fused-ring (bicyclic) bond motifs is 1. The number of hydrogen-bond acceptors (Lipinski definition) is 4. The van der Waals surface area contributed by atoms with E-state index in [1.165, 1.54) is 5.56 Å². The highest BCUT2D eigenvalue weighted by Crippen LogP contribution is 2.17. The summed E-state index contributed by atoms with van der Waals surface area (Å²) in [6.07, 6.45) is 4.56. The highest BCUT2D eigenvalue weighted by molar-refractivity contribution is 9.10. The maximum absolute atomic E-state index is 5.72. The lowest BCUT2D eigenvalue weighted by molar-refractivity contribution is 0.116. The Bertz CT molecular complexity index is 760. The molecule has 0 amide bonds. The van der Waals surface area contributed by atoms with Gasteiger partial charge in [-0.2, -0.15) is 5.10 Å². The molecule has 3 rings (SSSR count). The first-order valence-electron chi connectivity index (χ1n) is 7.60. The van der Waals surface area contributed by atoms with Crippen LogP contribution < -0.4 is 5.32 Å². The molecule has 0 spiro atoms. The lowest BCUT2D eigenvalue weighted by Crippen LogP contribution is -2.18. The fourth-order valence-electron chi connectivity index (χ4n) is 2.27. The van der Waals surface area contributed by atoms with E-state index in [1.54, 1.807) is 10.7 Å². The van der Waals surface area contributed by atoms with E-state index in [1.807, 2.05) is 30.5 Å². The van der Waals surface area contributed by atoms with Gasteiger partial charge in [-0.25, -0.2) is 9.50 Å². The van der Waals surface area contributed by atoms with Crippen LogP contribution in [-0.4, -0.2) is 27.2 Å². The van der Waals surface area contributed by atoms with Crippen LogP contribution in [0.4, 0.5) is 5.82 Å². The van der Waals surface area contributed by atoms with Crippen LogP contribution >= 0.6 is 15.9 Å². The Morgan fingerprint density at radius 3 is 2.91 bits per heavy atom. The highest BCUT2D eigenvalue weighted by Gasteiger charge is 2.07. The molecule has 0 aliphatic rings. The summed E-state index contributed by atoms with van der Waals surface area (Å²) in [5.41, 5.74) is 2.01. The lowest BCUT2D eigenvalue weighted by Gasteiger charge is -2.14. The zero-order valence-corrected chi connectivity index (χ0v) is 14.5. The minimum atomic E-state index is 0.280. The van der Waals surface area contributed by atoms with Crippen LogP contribution in [0, 0.1) is 0 Å². The number of benzene rings is 1. The molecule has 2 heterocycles. The second kappa shape index (κ2) is 7.57. The van der Waals surface area contributed by atoms with E-state index in [0.717, 1.165) is 22.4 Å². The summed E-state index contributed by atoms with van der Waals surface area (Å²) in [6.45, 7) is 3.49. The Labute approximate surface area is 143 Å². The van der Waals surface area contributed by atoms with Crippen molar-refractivity contribution in [1.29, 1.82) is 0 Å². The third kappa shape index (κ3) is 4.30. The summed E-state index contributed by atoms with van der Waals surface area (Å²) in [5.74, 6) is 0.842. The highest BCUT2D eigenvalue weighted by atomic mass is 79.9. The molecule has 1 N–H and O–H groups in total. The van der Waals surface area contributed by atoms with Gasteiger partial charge in [-0.15, -0.1) is 0 Å². The SMILES string of the molecule is CC(CCOCc1ccccc1)Nc1ccn2ncc(Br)c2n1. The molecule has 23 heavy (non-hydrogen) atoms. The van der Waals surface area contributed by atoms with Crippen LogP contribution in [0.1, 0.15) is 18.9 Å². The molecule has 6 heteroatoms. The van der Waals surface area contributed by atoms with E-state index in [0.29, 0.717) is 13.2 Å². The Balaban J connectivity index is 1.46. The number of nitrogens with zero attached hydrogens (tertiary/aromatic N) is 3. The molecule has 2 aromatic heterocycles. The molecule has 1 atom stereocenters. The van der Waals surface area contributed by atoms with Crippen LogP contribution in [0.5, 0.6) is 0 Å². The summed E-state index contributed by atoms with van der Waals surface area (Å²) in [6, 6.07) is 12.4. The normalized spacial score (nSPS) is 12.4. The van der Waals surface area contributed by atoms with Gasteiger partial charge in [0.05, 0.1) is 17.3 Å². The first-order valence-corrected chi connectivity index (χ1v) is 8.40. The second-order valence-corrected chi connectivity index (χ2v) is 6.30. The first-order chi connectivity index (χ1) is 11.2. The van der Waals surface area contributed by atoms with Gasteiger partial charge in [-0.05, 0) is 40.9 Å². The molecular weight excluding hydrogens is 356 g/mol. The number of halogens is 1. The molecular formula is C17H19BrN4O. The maximum Gasteiger partial charge on any atom is 0.171 e. The quantitative estimate of drug-likeness (QED) is 0.637. The first kappa shape index (κ1) is 16.0. The smallest absolute Gasteiger partial charge is 0.171 e. The summed E-state index contributed by atoms with van der Waals surface area (Å²) in [7, 11) is 0. The fraction of sp³-hybridized carbons (Fsp3) is 0.294. The minimum absolute atomic E-state index is 0.280. The molecule has 0 bridgehead atoms. The Morgan fingerprint density at radius 2 is 2.09 bits per heavy atom. The Hall–Kier alpha value is -1.92. The van der Waals surface area contributed by atoms with Gasteiger partial charge in [-0.3, -0.25) is 0 Å². The average Bonchev–Trinajstić information content (AvgIpc) is 2.94. The van der Waals surface area contributed by atoms with Crippen molar-refractivity contribution < 1.29 is 4.74 Å². The topological polar surface area (TPSA) is 51.5 Å². The Kier molecular flexibility index (Phi) is 5.25. The van der Waals surface area contributed by atoms with Crippen molar-refractivity contribution in [3.63, 3.8) is 0 Å². The predicted octanol–water partition coefficient (Wildman–Crippen LogP) is 3.90. The Morgan fingerprint density at radius 1 is 1.26 bits per heavy atom. The van der Waals surface area contributed by atoms with Gasteiger partial charge >= 0.3 is 0 Å². The van der Waals surface area contributed by atoms with Crippen molar-refractivity contribution in [1.82, 2.24) is 14.6 Å². The van der Waals surface area contributed by atoms with Gasteiger partial charge in [0, 0.05) is 18.8 Å². The van der Waals surface area contributed by atoms with Crippen LogP contribution in [0.25, 0.3) is 5.65 Å². The average molecular weight is 375 g/mol. The van der Waals surface area contributed by atoms with Crippen molar-refractivity contribution in [3.05, 3.63) is 58.8 Å². The van der Waals surface area contributed by atoms with Gasteiger partial charge in [0.1, 0.15) is 5.82 Å². The zero-order chi connectivity index (χ0) is 16.1. The van der Waals surface area contributed by atoms with Gasteiger partial charge in [-0.1, -0.05) is 30.3 Å². The molecule has 1 aromatic carbocycles. The van der Waals surface area contributed by atoms with E-state index in [2.05, 4.69) is 50.4 Å². The molecule has 3 aromatic rings. The number of aromatic nitrogens is 3. The van der Waals surface area contributed by atoms with E-state index in [4.69, 9.17) is 4.74 Å². The molecule has 0 saturated heterocycles. The molecule has 0 saturated carbocycles.